The Morgan fingerprint density at radius 1 is 0.938 bits per heavy atom. The van der Waals surface area contributed by atoms with E-state index >= 15 is 0 Å². The molecule has 2 rings (SSSR count). The van der Waals surface area contributed by atoms with Crippen LogP contribution < -0.4 is 0 Å². The van der Waals surface area contributed by atoms with Gasteiger partial charge >= 0.3 is 10.9 Å². The summed E-state index contributed by atoms with van der Waals surface area (Å²) in [6, 6.07) is 0. The van der Waals surface area contributed by atoms with Gasteiger partial charge in [0, 0.05) is 23.2 Å². The average Bonchev–Trinajstić information content (AvgIpc) is 2.70. The van der Waals surface area contributed by atoms with Crippen molar-refractivity contribution in [2.45, 2.75) is 24.4 Å². The molecule has 16 heavy (non-hydrogen) atoms. The Bertz CT molecular complexity index is 279. The van der Waals surface area contributed by atoms with Crippen LogP contribution in [0, 0.1) is 0 Å². The molecule has 4 atom stereocenters. The Morgan fingerprint density at radius 3 is 1.62 bits per heavy atom. The van der Waals surface area contributed by atoms with E-state index in [0.29, 0.717) is 0 Å². The molecule has 0 spiro atoms. The molecule has 0 aromatic carbocycles. The van der Waals surface area contributed by atoms with E-state index in [2.05, 4.69) is 0 Å². The van der Waals surface area contributed by atoms with Gasteiger partial charge in [-0.2, -0.15) is 0 Å². The van der Waals surface area contributed by atoms with E-state index in [1.54, 1.807) is 0 Å². The zero-order valence-corrected chi connectivity index (χ0v) is 9.44. The number of hydrogen-bond donors (Lipinski definition) is 0. The molecule has 8 heteroatoms. The highest BCUT2D eigenvalue weighted by Crippen LogP contribution is 2.31. The predicted octanol–water partition coefficient (Wildman–Crippen LogP) is 1.27. The Hall–Kier alpha value is -0.560. The van der Waals surface area contributed by atoms with Gasteiger partial charge in [-0.05, 0) is 0 Å². The van der Waals surface area contributed by atoms with Crippen LogP contribution in [0.25, 0.3) is 0 Å². The first kappa shape index (κ1) is 11.9. The lowest BCUT2D eigenvalue weighted by Crippen LogP contribution is -2.34. The maximum absolute atomic E-state index is 10.6. The maximum Gasteiger partial charge on any atom is 0.404 e. The van der Waals surface area contributed by atoms with Gasteiger partial charge in [-0.1, -0.05) is 0 Å². The van der Waals surface area contributed by atoms with E-state index < -0.39 is 35.3 Å². The minimum absolute atomic E-state index is 0.157. The quantitative estimate of drug-likeness (QED) is 0.704. The van der Waals surface area contributed by atoms with Crippen LogP contribution in [-0.2, 0) is 18.9 Å². The molecule has 2 unspecified atom stereocenters. The van der Waals surface area contributed by atoms with Crippen molar-refractivity contribution in [3.05, 3.63) is 0 Å². The second kappa shape index (κ2) is 4.75. The molecule has 2 saturated heterocycles. The van der Waals surface area contributed by atoms with Gasteiger partial charge in [0.15, 0.2) is 12.2 Å². The molecule has 2 fully saturated rings. The van der Waals surface area contributed by atoms with Gasteiger partial charge in [-0.15, -0.1) is 0 Å². The van der Waals surface area contributed by atoms with Gasteiger partial charge in [-0.3, -0.25) is 0 Å². The summed E-state index contributed by atoms with van der Waals surface area (Å²) in [6.07, 6.45) is -2.09. The number of hydrogen-bond acceptors (Lipinski definition) is 6. The first-order valence-electron chi connectivity index (χ1n) is 4.53. The van der Waals surface area contributed by atoms with Gasteiger partial charge in [0.1, 0.15) is 12.2 Å². The van der Waals surface area contributed by atoms with Crippen molar-refractivity contribution in [1.82, 2.24) is 0 Å². The van der Waals surface area contributed by atoms with E-state index in [4.69, 9.17) is 42.1 Å². The summed E-state index contributed by atoms with van der Waals surface area (Å²) in [5.74, 6) is 0. The molecule has 0 radical (unpaired) electrons. The molecule has 0 bridgehead atoms. The Morgan fingerprint density at radius 2 is 1.31 bits per heavy atom. The molecule has 0 N–H and O–H groups in total. The lowest BCUT2D eigenvalue weighted by atomic mass is 10.1. The topological polar surface area (TPSA) is 71.1 Å². The number of rotatable bonds is 2. The fourth-order valence-electron chi connectivity index (χ4n) is 1.87. The summed E-state index contributed by atoms with van der Waals surface area (Å²) in [6.45, 7) is 0.314. The van der Waals surface area contributed by atoms with Gasteiger partial charge in [0.2, 0.25) is 0 Å². The standard InChI is InChI=1S/C8H8Cl2O6/c9-7(11)15-3-1-13-6-4(16-8(10)12)2-14-5(3)6/h3-6H,1-2H2/t3-,4+,5?,6?. The zero-order chi connectivity index (χ0) is 11.7. The van der Waals surface area contributed by atoms with Crippen molar-refractivity contribution in [3.63, 3.8) is 0 Å². The predicted molar refractivity (Wildman–Crippen MR) is 51.7 cm³/mol. The van der Waals surface area contributed by atoms with Crippen LogP contribution in [0.5, 0.6) is 0 Å². The smallest absolute Gasteiger partial charge is 0.404 e. The summed E-state index contributed by atoms with van der Waals surface area (Å²) in [5, 5.41) is 0. The largest absolute Gasteiger partial charge is 0.445 e. The van der Waals surface area contributed by atoms with E-state index in [9.17, 15) is 9.59 Å². The number of carbonyl (C=O) groups excluding carboxylic acids is 2. The molecule has 0 aromatic rings. The number of carbonyl (C=O) groups is 2. The molecule has 0 amide bonds. The van der Waals surface area contributed by atoms with Gasteiger partial charge < -0.3 is 18.9 Å². The highest BCUT2D eigenvalue weighted by molar-refractivity contribution is 6.61. The SMILES string of the molecule is O=C(Cl)O[C@H]1COC2C1OC[C@H]2OC(=O)Cl. The van der Waals surface area contributed by atoms with Crippen LogP contribution in [0.4, 0.5) is 9.59 Å². The maximum atomic E-state index is 10.6. The van der Waals surface area contributed by atoms with E-state index in [1.165, 1.54) is 0 Å². The summed E-state index contributed by atoms with van der Waals surface area (Å²) in [5.41, 5.74) is -1.84. The number of ether oxygens (including phenoxy) is 4. The molecule has 2 aliphatic rings. The third kappa shape index (κ3) is 2.40. The lowest BCUT2D eigenvalue weighted by molar-refractivity contribution is -0.00291. The number of halogens is 2. The number of fused-ring (bicyclic) bond motifs is 1. The fraction of sp³-hybridized carbons (Fsp3) is 0.750. The summed E-state index contributed by atoms with van der Waals surface area (Å²) in [4.78, 5) is 21.1. The summed E-state index contributed by atoms with van der Waals surface area (Å²) >= 11 is 10.2. The monoisotopic (exact) mass is 270 g/mol. The highest BCUT2D eigenvalue weighted by atomic mass is 35.5. The van der Waals surface area contributed by atoms with Crippen molar-refractivity contribution >= 4 is 34.1 Å². The molecule has 0 saturated carbocycles. The summed E-state index contributed by atoms with van der Waals surface area (Å²) < 4.78 is 20.2. The molecule has 6 nitrogen and oxygen atoms in total. The molecule has 0 aliphatic carbocycles. The molecule has 0 aromatic heterocycles. The first-order valence-corrected chi connectivity index (χ1v) is 5.29. The zero-order valence-electron chi connectivity index (χ0n) is 7.93. The third-order valence-electron chi connectivity index (χ3n) is 2.45. The second-order valence-corrected chi connectivity index (χ2v) is 4.00. The van der Waals surface area contributed by atoms with Crippen molar-refractivity contribution in [2.75, 3.05) is 13.2 Å². The van der Waals surface area contributed by atoms with E-state index in [1.807, 2.05) is 0 Å². The van der Waals surface area contributed by atoms with E-state index in [0.717, 1.165) is 0 Å². The molecular formula is C8H8Cl2O6. The minimum Gasteiger partial charge on any atom is -0.445 e. The molecular weight excluding hydrogens is 263 g/mol. The van der Waals surface area contributed by atoms with Crippen LogP contribution in [0.1, 0.15) is 0 Å². The third-order valence-corrected chi connectivity index (χ3v) is 2.63. The Kier molecular flexibility index (Phi) is 3.53. The fourth-order valence-corrected chi connectivity index (χ4v) is 2.10. The van der Waals surface area contributed by atoms with Gasteiger partial charge in [0.05, 0.1) is 13.2 Å². The summed E-state index contributed by atoms with van der Waals surface area (Å²) in [7, 11) is 0. The van der Waals surface area contributed by atoms with Gasteiger partial charge in [0.25, 0.3) is 0 Å². The second-order valence-electron chi connectivity index (χ2n) is 3.38. The minimum atomic E-state index is -0.921. The van der Waals surface area contributed by atoms with Crippen molar-refractivity contribution in [2.24, 2.45) is 0 Å². The Balaban J connectivity index is 1.95. The van der Waals surface area contributed by atoms with Crippen molar-refractivity contribution in [3.8, 4) is 0 Å². The molecule has 90 valence electrons. The Labute approximate surface area is 101 Å². The normalized spacial score (nSPS) is 36.9. The lowest BCUT2D eigenvalue weighted by Gasteiger charge is -2.15. The molecule has 2 heterocycles. The van der Waals surface area contributed by atoms with E-state index in [-0.39, 0.29) is 13.2 Å². The van der Waals surface area contributed by atoms with Crippen LogP contribution in [-0.4, -0.2) is 48.5 Å². The average molecular weight is 271 g/mol. The first-order chi connectivity index (χ1) is 7.58. The van der Waals surface area contributed by atoms with Crippen LogP contribution in [0.15, 0.2) is 0 Å². The van der Waals surface area contributed by atoms with Gasteiger partial charge in [-0.25, -0.2) is 9.59 Å². The molecule has 2 aliphatic heterocycles. The van der Waals surface area contributed by atoms with Crippen LogP contribution >= 0.6 is 23.2 Å². The van der Waals surface area contributed by atoms with Crippen molar-refractivity contribution in [1.29, 1.82) is 0 Å². The van der Waals surface area contributed by atoms with Crippen molar-refractivity contribution < 1.29 is 28.5 Å². The van der Waals surface area contributed by atoms with Crippen LogP contribution in [0.2, 0.25) is 0 Å². The van der Waals surface area contributed by atoms with Crippen LogP contribution in [0.3, 0.4) is 0 Å². The highest BCUT2D eigenvalue weighted by Gasteiger charge is 2.51.